The Morgan fingerprint density at radius 2 is 2.04 bits per heavy atom. The topological polar surface area (TPSA) is 59.8 Å². The van der Waals surface area contributed by atoms with E-state index < -0.39 is 5.63 Å². The van der Waals surface area contributed by atoms with Gasteiger partial charge in [-0.2, -0.15) is 0 Å². The van der Waals surface area contributed by atoms with Gasteiger partial charge in [0.1, 0.15) is 23.7 Å². The zero-order valence-electron chi connectivity index (χ0n) is 15.9. The molecule has 2 heterocycles. The van der Waals surface area contributed by atoms with Gasteiger partial charge in [-0.05, 0) is 44.4 Å². The summed E-state index contributed by atoms with van der Waals surface area (Å²) in [5.74, 6) is 3.11. The number of carbonyl (C=O) groups excluding carboxylic acids is 1. The van der Waals surface area contributed by atoms with Gasteiger partial charge >= 0.3 is 5.63 Å². The van der Waals surface area contributed by atoms with E-state index in [9.17, 15) is 9.59 Å². The zero-order valence-corrected chi connectivity index (χ0v) is 15.9. The molecule has 5 heteroatoms. The average molecular weight is 377 g/mol. The highest BCUT2D eigenvalue weighted by molar-refractivity contribution is 6.10. The van der Waals surface area contributed by atoms with E-state index in [0.29, 0.717) is 22.8 Å². The number of benzene rings is 1. The monoisotopic (exact) mass is 377 g/mol. The quantitative estimate of drug-likeness (QED) is 0.435. The number of nitrogens with zero attached hydrogens (tertiary/aromatic N) is 1. The molecule has 0 atom stereocenters. The number of carbonyl (C=O) groups is 1. The molecule has 0 bridgehead atoms. The Hall–Kier alpha value is -3.26. The van der Waals surface area contributed by atoms with Gasteiger partial charge in [-0.3, -0.25) is 4.79 Å². The number of hydrogen-bond donors (Lipinski definition) is 0. The summed E-state index contributed by atoms with van der Waals surface area (Å²) in [5, 5.41) is 0. The van der Waals surface area contributed by atoms with E-state index in [4.69, 9.17) is 15.6 Å². The first-order valence-corrected chi connectivity index (χ1v) is 9.37. The SMILES string of the molecule is C#CCOc1ccccc1/C=C/C(=O)c1c(N2CCCCC2)cc(C)oc1=O. The van der Waals surface area contributed by atoms with Crippen LogP contribution in [0.15, 0.2) is 45.6 Å². The van der Waals surface area contributed by atoms with Crippen LogP contribution in [-0.4, -0.2) is 25.5 Å². The van der Waals surface area contributed by atoms with Gasteiger partial charge in [0.05, 0.1) is 5.69 Å². The van der Waals surface area contributed by atoms with Crippen molar-refractivity contribution in [2.45, 2.75) is 26.2 Å². The lowest BCUT2D eigenvalue weighted by molar-refractivity contribution is 0.104. The predicted molar refractivity (Wildman–Crippen MR) is 110 cm³/mol. The Balaban J connectivity index is 1.92. The molecule has 0 spiro atoms. The first-order chi connectivity index (χ1) is 13.6. The normalized spacial score (nSPS) is 14.1. The van der Waals surface area contributed by atoms with Crippen LogP contribution < -0.4 is 15.3 Å². The summed E-state index contributed by atoms with van der Waals surface area (Å²) in [4.78, 5) is 27.5. The smallest absolute Gasteiger partial charge is 0.349 e. The molecule has 0 radical (unpaired) electrons. The maximum atomic E-state index is 12.9. The second-order valence-electron chi connectivity index (χ2n) is 6.68. The van der Waals surface area contributed by atoms with Crippen LogP contribution in [0.4, 0.5) is 5.69 Å². The lowest BCUT2D eigenvalue weighted by Gasteiger charge is -2.29. The molecule has 3 rings (SSSR count). The first kappa shape index (κ1) is 19.5. The molecule has 28 heavy (non-hydrogen) atoms. The molecule has 0 amide bonds. The van der Waals surface area contributed by atoms with E-state index in [2.05, 4.69) is 10.8 Å². The number of terminal acetylenes is 1. The number of allylic oxidation sites excluding steroid dienone is 1. The van der Waals surface area contributed by atoms with Crippen LogP contribution in [0, 0.1) is 19.3 Å². The Kier molecular flexibility index (Phi) is 6.33. The molecule has 1 saturated heterocycles. The molecule has 144 valence electrons. The fraction of sp³-hybridized carbons (Fsp3) is 0.304. The highest BCUT2D eigenvalue weighted by Gasteiger charge is 2.22. The number of piperidine rings is 1. The van der Waals surface area contributed by atoms with Gasteiger partial charge in [0, 0.05) is 24.7 Å². The summed E-state index contributed by atoms with van der Waals surface area (Å²) in [7, 11) is 0. The highest BCUT2D eigenvalue weighted by atomic mass is 16.5. The molecule has 0 unspecified atom stereocenters. The van der Waals surface area contributed by atoms with Crippen molar-refractivity contribution in [1.29, 1.82) is 0 Å². The number of rotatable bonds is 6. The summed E-state index contributed by atoms with van der Waals surface area (Å²) in [6.45, 7) is 3.52. The van der Waals surface area contributed by atoms with Crippen molar-refractivity contribution in [3.05, 3.63) is 63.7 Å². The van der Waals surface area contributed by atoms with Crippen LogP contribution in [-0.2, 0) is 0 Å². The fourth-order valence-corrected chi connectivity index (χ4v) is 3.32. The van der Waals surface area contributed by atoms with Crippen LogP contribution in [0.3, 0.4) is 0 Å². The fourth-order valence-electron chi connectivity index (χ4n) is 3.32. The molecule has 1 aromatic carbocycles. The molecule has 1 fully saturated rings. The van der Waals surface area contributed by atoms with Crippen molar-refractivity contribution in [2.75, 3.05) is 24.6 Å². The second kappa shape index (κ2) is 9.09. The van der Waals surface area contributed by atoms with Gasteiger partial charge in [-0.1, -0.05) is 24.1 Å². The van der Waals surface area contributed by atoms with E-state index in [1.54, 1.807) is 25.1 Å². The molecule has 1 aromatic heterocycles. The third kappa shape index (κ3) is 4.52. The number of anilines is 1. The number of ketones is 1. The summed E-state index contributed by atoms with van der Waals surface area (Å²) >= 11 is 0. The second-order valence-corrected chi connectivity index (χ2v) is 6.68. The van der Waals surface area contributed by atoms with Gasteiger partial charge in [-0.25, -0.2) is 4.79 Å². The predicted octanol–water partition coefficient (Wildman–Crippen LogP) is 3.85. The minimum Gasteiger partial charge on any atom is -0.480 e. The van der Waals surface area contributed by atoms with Crippen molar-refractivity contribution in [3.63, 3.8) is 0 Å². The van der Waals surface area contributed by atoms with Crippen LogP contribution in [0.5, 0.6) is 5.75 Å². The third-order valence-electron chi connectivity index (χ3n) is 4.64. The average Bonchev–Trinajstić information content (AvgIpc) is 2.71. The maximum Gasteiger partial charge on any atom is 0.349 e. The molecular formula is C23H23NO4. The van der Waals surface area contributed by atoms with Crippen LogP contribution in [0.25, 0.3) is 6.08 Å². The van der Waals surface area contributed by atoms with Gasteiger partial charge in [-0.15, -0.1) is 6.42 Å². The van der Waals surface area contributed by atoms with Gasteiger partial charge in [0.25, 0.3) is 0 Å². The van der Waals surface area contributed by atoms with Crippen molar-refractivity contribution in [2.24, 2.45) is 0 Å². The Morgan fingerprint density at radius 1 is 1.29 bits per heavy atom. The van der Waals surface area contributed by atoms with E-state index in [1.807, 2.05) is 18.2 Å². The lowest BCUT2D eigenvalue weighted by atomic mass is 10.0. The largest absolute Gasteiger partial charge is 0.480 e. The maximum absolute atomic E-state index is 12.9. The number of aryl methyl sites for hydroxylation is 1. The van der Waals surface area contributed by atoms with E-state index in [-0.39, 0.29) is 18.0 Å². The molecule has 2 aromatic rings. The van der Waals surface area contributed by atoms with Crippen molar-refractivity contribution in [3.8, 4) is 18.1 Å². The van der Waals surface area contributed by atoms with E-state index in [1.165, 1.54) is 6.08 Å². The lowest BCUT2D eigenvalue weighted by Crippen LogP contribution is -2.32. The van der Waals surface area contributed by atoms with Crippen molar-refractivity contribution < 1.29 is 13.9 Å². The first-order valence-electron chi connectivity index (χ1n) is 9.37. The van der Waals surface area contributed by atoms with Gasteiger partial charge < -0.3 is 14.1 Å². The summed E-state index contributed by atoms with van der Waals surface area (Å²) in [5.41, 5.74) is 0.833. The standard InChI is InChI=1S/C23H23NO4/c1-3-15-27-21-10-6-5-9-18(21)11-12-20(25)22-19(16-17(2)28-23(22)26)24-13-7-4-8-14-24/h1,5-6,9-12,16H,4,7-8,13-15H2,2H3/b12-11+. The minimum absolute atomic E-state index is 0.0748. The molecule has 0 aliphatic carbocycles. The van der Waals surface area contributed by atoms with Crippen LogP contribution in [0.1, 0.15) is 40.9 Å². The van der Waals surface area contributed by atoms with Crippen LogP contribution in [0.2, 0.25) is 0 Å². The number of ether oxygens (including phenoxy) is 1. The van der Waals surface area contributed by atoms with Crippen molar-refractivity contribution >= 4 is 17.5 Å². The Morgan fingerprint density at radius 3 is 2.79 bits per heavy atom. The molecular weight excluding hydrogens is 354 g/mol. The zero-order chi connectivity index (χ0) is 19.9. The number of hydrogen-bond acceptors (Lipinski definition) is 5. The highest BCUT2D eigenvalue weighted by Crippen LogP contribution is 2.25. The Labute approximate surface area is 164 Å². The molecule has 0 saturated carbocycles. The molecule has 1 aliphatic heterocycles. The molecule has 1 aliphatic rings. The van der Waals surface area contributed by atoms with Gasteiger partial charge in [0.15, 0.2) is 5.78 Å². The third-order valence-corrected chi connectivity index (χ3v) is 4.64. The summed E-state index contributed by atoms with van der Waals surface area (Å²) in [6.07, 6.45) is 11.5. The molecule has 5 nitrogen and oxygen atoms in total. The molecule has 0 N–H and O–H groups in total. The van der Waals surface area contributed by atoms with E-state index >= 15 is 0 Å². The Bertz CT molecular complexity index is 975. The summed E-state index contributed by atoms with van der Waals surface area (Å²) in [6, 6.07) is 9.04. The van der Waals surface area contributed by atoms with Gasteiger partial charge in [0.2, 0.25) is 0 Å². The summed E-state index contributed by atoms with van der Waals surface area (Å²) < 4.78 is 10.7. The number of para-hydroxylation sites is 1. The van der Waals surface area contributed by atoms with E-state index in [0.717, 1.165) is 32.4 Å². The van der Waals surface area contributed by atoms with Crippen molar-refractivity contribution in [1.82, 2.24) is 0 Å². The van der Waals surface area contributed by atoms with Crippen LogP contribution >= 0.6 is 0 Å². The minimum atomic E-state index is -0.605.